The molecule has 4 aromatic rings. The number of rotatable bonds is 4. The first kappa shape index (κ1) is 24.1. The summed E-state index contributed by atoms with van der Waals surface area (Å²) in [5.41, 5.74) is 5.02. The van der Waals surface area contributed by atoms with Crippen LogP contribution in [0.4, 0.5) is 20.2 Å². The summed E-state index contributed by atoms with van der Waals surface area (Å²) in [7, 11) is 0. The van der Waals surface area contributed by atoms with Crippen molar-refractivity contribution < 1.29 is 23.2 Å². The van der Waals surface area contributed by atoms with E-state index in [0.717, 1.165) is 27.7 Å². The summed E-state index contributed by atoms with van der Waals surface area (Å²) >= 11 is 3.37. The van der Waals surface area contributed by atoms with E-state index in [1.54, 1.807) is 30.3 Å². The van der Waals surface area contributed by atoms with E-state index in [1.807, 2.05) is 26.0 Å². The standard InChI is InChI=1S/C25H19BrF2N4O3/c1-13-4-3-5-19(14(13)2)29-23(33)22-11-15-10-16(26)6-9-21(15)32(22)31-25(35)24(34)30-20-8-7-17(27)12-18(20)28/h3-12H,1-2H3,(H,29,33)(H,30,34)(H,31,35). The third-order valence-electron chi connectivity index (χ3n) is 5.45. The van der Waals surface area contributed by atoms with E-state index in [9.17, 15) is 23.2 Å². The number of fused-ring (bicyclic) bond motifs is 1. The van der Waals surface area contributed by atoms with Gasteiger partial charge in [0.05, 0.1) is 11.2 Å². The lowest BCUT2D eigenvalue weighted by Crippen LogP contribution is -2.36. The molecule has 0 fully saturated rings. The van der Waals surface area contributed by atoms with Crippen molar-refractivity contribution in [2.24, 2.45) is 0 Å². The van der Waals surface area contributed by atoms with Gasteiger partial charge in [0.25, 0.3) is 5.91 Å². The van der Waals surface area contributed by atoms with E-state index in [-0.39, 0.29) is 11.4 Å². The van der Waals surface area contributed by atoms with Gasteiger partial charge in [-0.25, -0.2) is 13.5 Å². The second-order valence-electron chi connectivity index (χ2n) is 7.79. The highest BCUT2D eigenvalue weighted by Gasteiger charge is 2.22. The highest BCUT2D eigenvalue weighted by molar-refractivity contribution is 9.10. The number of nitrogens with one attached hydrogen (secondary N) is 3. The molecule has 1 aromatic heterocycles. The fourth-order valence-electron chi connectivity index (χ4n) is 3.47. The van der Waals surface area contributed by atoms with Gasteiger partial charge in [-0.15, -0.1) is 0 Å². The quantitative estimate of drug-likeness (QED) is 0.308. The topological polar surface area (TPSA) is 92.2 Å². The lowest BCUT2D eigenvalue weighted by molar-refractivity contribution is -0.133. The number of nitrogens with zero attached hydrogens (tertiary/aromatic N) is 1. The van der Waals surface area contributed by atoms with Crippen molar-refractivity contribution in [3.05, 3.63) is 93.6 Å². The molecule has 7 nitrogen and oxygen atoms in total. The molecule has 3 N–H and O–H groups in total. The monoisotopic (exact) mass is 540 g/mol. The molecule has 10 heteroatoms. The molecule has 0 saturated heterocycles. The van der Waals surface area contributed by atoms with E-state index in [1.165, 1.54) is 4.68 Å². The molecule has 3 amide bonds. The summed E-state index contributed by atoms with van der Waals surface area (Å²) in [6.07, 6.45) is 0. The third kappa shape index (κ3) is 5.07. The molecule has 178 valence electrons. The molecular weight excluding hydrogens is 522 g/mol. The van der Waals surface area contributed by atoms with E-state index < -0.39 is 29.4 Å². The zero-order chi connectivity index (χ0) is 25.3. The van der Waals surface area contributed by atoms with Gasteiger partial charge in [-0.3, -0.25) is 19.8 Å². The summed E-state index contributed by atoms with van der Waals surface area (Å²) in [5, 5.41) is 5.55. The molecule has 0 saturated carbocycles. The summed E-state index contributed by atoms with van der Waals surface area (Å²) in [4.78, 5) is 38.3. The summed E-state index contributed by atoms with van der Waals surface area (Å²) in [6, 6.07) is 14.7. The Balaban J connectivity index is 1.65. The van der Waals surface area contributed by atoms with Gasteiger partial charge in [0.2, 0.25) is 0 Å². The van der Waals surface area contributed by atoms with Crippen LogP contribution in [0.1, 0.15) is 21.6 Å². The minimum absolute atomic E-state index is 0.0631. The van der Waals surface area contributed by atoms with Crippen molar-refractivity contribution >= 4 is 55.9 Å². The Morgan fingerprint density at radius 3 is 2.37 bits per heavy atom. The molecule has 0 bridgehead atoms. The molecule has 0 unspecified atom stereocenters. The highest BCUT2D eigenvalue weighted by Crippen LogP contribution is 2.25. The molecule has 3 aromatic carbocycles. The van der Waals surface area contributed by atoms with Crippen LogP contribution in [-0.2, 0) is 9.59 Å². The third-order valence-corrected chi connectivity index (χ3v) is 5.94. The van der Waals surface area contributed by atoms with E-state index in [0.29, 0.717) is 22.7 Å². The predicted octanol–water partition coefficient (Wildman–Crippen LogP) is 5.26. The second-order valence-corrected chi connectivity index (χ2v) is 8.70. The van der Waals surface area contributed by atoms with Crippen LogP contribution in [0.25, 0.3) is 10.9 Å². The number of anilines is 2. The average Bonchev–Trinajstić information content (AvgIpc) is 3.16. The number of aromatic nitrogens is 1. The lowest BCUT2D eigenvalue weighted by Gasteiger charge is -2.14. The first-order valence-electron chi connectivity index (χ1n) is 10.4. The minimum Gasteiger partial charge on any atom is -0.320 e. The van der Waals surface area contributed by atoms with Crippen LogP contribution in [-0.4, -0.2) is 22.4 Å². The van der Waals surface area contributed by atoms with Crippen molar-refractivity contribution in [2.75, 3.05) is 16.1 Å². The zero-order valence-corrected chi connectivity index (χ0v) is 20.2. The molecule has 0 aliphatic rings. The second kappa shape index (κ2) is 9.67. The molecule has 0 spiro atoms. The molecule has 0 atom stereocenters. The molecule has 35 heavy (non-hydrogen) atoms. The van der Waals surface area contributed by atoms with Gasteiger partial charge in [0.15, 0.2) is 0 Å². The Hall–Kier alpha value is -4.05. The molecule has 0 aliphatic heterocycles. The number of aryl methyl sites for hydroxylation is 1. The Morgan fingerprint density at radius 2 is 1.63 bits per heavy atom. The fourth-order valence-corrected chi connectivity index (χ4v) is 3.85. The van der Waals surface area contributed by atoms with Gasteiger partial charge in [-0.05, 0) is 67.4 Å². The van der Waals surface area contributed by atoms with E-state index in [4.69, 9.17) is 0 Å². The Labute approximate surface area is 207 Å². The first-order valence-corrected chi connectivity index (χ1v) is 11.2. The number of carbonyl (C=O) groups excluding carboxylic acids is 3. The van der Waals surface area contributed by atoms with Crippen LogP contribution in [0.5, 0.6) is 0 Å². The van der Waals surface area contributed by atoms with Crippen LogP contribution < -0.4 is 16.1 Å². The van der Waals surface area contributed by atoms with Gasteiger partial charge in [-0.2, -0.15) is 0 Å². The van der Waals surface area contributed by atoms with Crippen LogP contribution in [0.15, 0.2) is 65.1 Å². The van der Waals surface area contributed by atoms with Gasteiger partial charge in [-0.1, -0.05) is 28.1 Å². The SMILES string of the molecule is Cc1cccc(NC(=O)c2cc3cc(Br)ccc3n2NC(=O)C(=O)Nc2ccc(F)cc2F)c1C. The molecular formula is C25H19BrF2N4O3. The highest BCUT2D eigenvalue weighted by atomic mass is 79.9. The molecule has 4 rings (SSSR count). The van der Waals surface area contributed by atoms with Crippen LogP contribution >= 0.6 is 15.9 Å². The van der Waals surface area contributed by atoms with Crippen molar-refractivity contribution in [3.8, 4) is 0 Å². The maximum Gasteiger partial charge on any atom is 0.328 e. The number of benzene rings is 3. The predicted molar refractivity (Wildman–Crippen MR) is 133 cm³/mol. The Morgan fingerprint density at radius 1 is 0.857 bits per heavy atom. The number of hydrogen-bond donors (Lipinski definition) is 3. The van der Waals surface area contributed by atoms with Crippen molar-refractivity contribution in [1.29, 1.82) is 0 Å². The molecule has 1 heterocycles. The van der Waals surface area contributed by atoms with Crippen molar-refractivity contribution in [2.45, 2.75) is 13.8 Å². The first-order chi connectivity index (χ1) is 16.6. The van der Waals surface area contributed by atoms with Gasteiger partial charge in [0.1, 0.15) is 17.3 Å². The summed E-state index contributed by atoms with van der Waals surface area (Å²) < 4.78 is 28.9. The number of hydrogen-bond acceptors (Lipinski definition) is 3. The van der Waals surface area contributed by atoms with Crippen molar-refractivity contribution in [3.63, 3.8) is 0 Å². The molecule has 0 radical (unpaired) electrons. The Kier molecular flexibility index (Phi) is 6.65. The van der Waals surface area contributed by atoms with Crippen LogP contribution in [0.2, 0.25) is 0 Å². The number of carbonyl (C=O) groups is 3. The summed E-state index contributed by atoms with van der Waals surface area (Å²) in [5.74, 6) is -4.73. The smallest absolute Gasteiger partial charge is 0.320 e. The number of halogens is 3. The van der Waals surface area contributed by atoms with Gasteiger partial charge < -0.3 is 10.6 Å². The Bertz CT molecular complexity index is 1500. The molecule has 0 aliphatic carbocycles. The van der Waals surface area contributed by atoms with E-state index in [2.05, 4.69) is 32.0 Å². The normalized spacial score (nSPS) is 10.8. The minimum atomic E-state index is -1.20. The van der Waals surface area contributed by atoms with E-state index >= 15 is 0 Å². The summed E-state index contributed by atoms with van der Waals surface area (Å²) in [6.45, 7) is 3.79. The maximum atomic E-state index is 13.9. The fraction of sp³-hybridized carbons (Fsp3) is 0.0800. The van der Waals surface area contributed by atoms with Crippen molar-refractivity contribution in [1.82, 2.24) is 4.68 Å². The average molecular weight is 541 g/mol. The van der Waals surface area contributed by atoms with Gasteiger partial charge in [0, 0.05) is 21.6 Å². The zero-order valence-electron chi connectivity index (χ0n) is 18.6. The lowest BCUT2D eigenvalue weighted by atomic mass is 10.1. The largest absolute Gasteiger partial charge is 0.328 e. The van der Waals surface area contributed by atoms with Crippen LogP contribution in [0, 0.1) is 25.5 Å². The number of amides is 3. The van der Waals surface area contributed by atoms with Crippen LogP contribution in [0.3, 0.4) is 0 Å². The maximum absolute atomic E-state index is 13.9. The van der Waals surface area contributed by atoms with Gasteiger partial charge >= 0.3 is 11.8 Å².